The second kappa shape index (κ2) is 6.76. The molecule has 0 spiro atoms. The Labute approximate surface area is 117 Å². The maximum absolute atomic E-state index is 12.0. The second-order valence-electron chi connectivity index (χ2n) is 6.06. The molecule has 18 heavy (non-hydrogen) atoms. The summed E-state index contributed by atoms with van der Waals surface area (Å²) in [5.41, 5.74) is 6.02. The summed E-state index contributed by atoms with van der Waals surface area (Å²) in [6.45, 7) is 2.93. The zero-order valence-electron chi connectivity index (χ0n) is 11.4. The molecule has 2 fully saturated rings. The summed E-state index contributed by atoms with van der Waals surface area (Å²) in [5, 5.41) is 3.06. The predicted octanol–water partition coefficient (Wildman–Crippen LogP) is 2.62. The van der Waals surface area contributed by atoms with Crippen LogP contribution in [0.15, 0.2) is 0 Å². The fraction of sp³-hybridized carbons (Fsp3) is 0.929. The first-order valence-electron chi connectivity index (χ1n) is 7.19. The number of halogens is 1. The van der Waals surface area contributed by atoms with Crippen LogP contribution in [-0.4, -0.2) is 18.0 Å². The van der Waals surface area contributed by atoms with Crippen LogP contribution in [0.1, 0.15) is 58.3 Å². The number of amides is 1. The van der Waals surface area contributed by atoms with Gasteiger partial charge in [0.15, 0.2) is 0 Å². The molecule has 2 rings (SSSR count). The van der Waals surface area contributed by atoms with Gasteiger partial charge in [0.05, 0.1) is 0 Å². The van der Waals surface area contributed by atoms with Crippen molar-refractivity contribution in [1.29, 1.82) is 0 Å². The number of carbonyl (C=O) groups excluding carboxylic acids is 1. The average Bonchev–Trinajstić information content (AvgIpc) is 2.33. The van der Waals surface area contributed by atoms with Gasteiger partial charge in [0.1, 0.15) is 0 Å². The standard InChI is InChI=1S/C14H26N2O.ClH/c1-2-11-4-6-12(7-5-11)13(17)16-10-14(15)8-3-9-14;/h11-12H,2-10,15H2,1H3,(H,16,17);1H. The van der Waals surface area contributed by atoms with Crippen LogP contribution in [0, 0.1) is 11.8 Å². The van der Waals surface area contributed by atoms with Crippen molar-refractivity contribution >= 4 is 18.3 Å². The molecule has 0 radical (unpaired) electrons. The molecule has 0 saturated heterocycles. The SMILES string of the molecule is CCC1CCC(C(=O)NCC2(N)CCC2)CC1.Cl. The molecule has 0 aromatic rings. The fourth-order valence-corrected chi connectivity index (χ4v) is 3.05. The number of hydrogen-bond donors (Lipinski definition) is 2. The van der Waals surface area contributed by atoms with Gasteiger partial charge in [-0.3, -0.25) is 4.79 Å². The number of carbonyl (C=O) groups is 1. The quantitative estimate of drug-likeness (QED) is 0.828. The zero-order valence-corrected chi connectivity index (χ0v) is 12.2. The maximum Gasteiger partial charge on any atom is 0.223 e. The summed E-state index contributed by atoms with van der Waals surface area (Å²) in [6, 6.07) is 0. The first-order chi connectivity index (χ1) is 8.13. The van der Waals surface area contributed by atoms with Crippen molar-refractivity contribution in [2.24, 2.45) is 17.6 Å². The van der Waals surface area contributed by atoms with Gasteiger partial charge in [-0.25, -0.2) is 0 Å². The fourth-order valence-electron chi connectivity index (χ4n) is 3.05. The summed E-state index contributed by atoms with van der Waals surface area (Å²) in [6.07, 6.45) is 9.20. The molecular weight excluding hydrogens is 248 g/mol. The van der Waals surface area contributed by atoms with E-state index in [1.165, 1.54) is 25.7 Å². The molecule has 2 aliphatic rings. The minimum atomic E-state index is -0.0870. The van der Waals surface area contributed by atoms with Crippen LogP contribution in [0.5, 0.6) is 0 Å². The normalized spacial score (nSPS) is 29.9. The van der Waals surface area contributed by atoms with Crippen LogP contribution >= 0.6 is 12.4 Å². The van der Waals surface area contributed by atoms with Crippen LogP contribution in [0.4, 0.5) is 0 Å². The lowest BCUT2D eigenvalue weighted by molar-refractivity contribution is -0.126. The van der Waals surface area contributed by atoms with E-state index in [4.69, 9.17) is 5.73 Å². The van der Waals surface area contributed by atoms with E-state index < -0.39 is 0 Å². The van der Waals surface area contributed by atoms with Crippen molar-refractivity contribution in [3.63, 3.8) is 0 Å². The first-order valence-corrected chi connectivity index (χ1v) is 7.19. The highest BCUT2D eigenvalue weighted by molar-refractivity contribution is 5.85. The number of hydrogen-bond acceptors (Lipinski definition) is 2. The van der Waals surface area contributed by atoms with E-state index in [9.17, 15) is 4.79 Å². The number of nitrogens with two attached hydrogens (primary N) is 1. The molecule has 2 saturated carbocycles. The van der Waals surface area contributed by atoms with Gasteiger partial charge in [-0.15, -0.1) is 12.4 Å². The molecule has 0 bridgehead atoms. The topological polar surface area (TPSA) is 55.1 Å². The van der Waals surface area contributed by atoms with Gasteiger partial charge < -0.3 is 11.1 Å². The third kappa shape index (κ3) is 3.86. The highest BCUT2D eigenvalue weighted by Crippen LogP contribution is 2.31. The van der Waals surface area contributed by atoms with Gasteiger partial charge in [-0.1, -0.05) is 13.3 Å². The molecule has 3 nitrogen and oxygen atoms in total. The van der Waals surface area contributed by atoms with Crippen LogP contribution in [0.25, 0.3) is 0 Å². The zero-order chi connectivity index (χ0) is 12.3. The molecule has 3 N–H and O–H groups in total. The number of nitrogens with one attached hydrogen (secondary N) is 1. The molecule has 4 heteroatoms. The summed E-state index contributed by atoms with van der Waals surface area (Å²) >= 11 is 0. The van der Waals surface area contributed by atoms with E-state index in [-0.39, 0.29) is 29.8 Å². The van der Waals surface area contributed by atoms with Gasteiger partial charge in [0.25, 0.3) is 0 Å². The Kier molecular flexibility index (Phi) is 5.93. The van der Waals surface area contributed by atoms with E-state index in [2.05, 4.69) is 12.2 Å². The third-order valence-electron chi connectivity index (χ3n) is 4.76. The van der Waals surface area contributed by atoms with Crippen molar-refractivity contribution in [1.82, 2.24) is 5.32 Å². The van der Waals surface area contributed by atoms with Crippen LogP contribution < -0.4 is 11.1 Å². The Balaban J connectivity index is 0.00000162. The van der Waals surface area contributed by atoms with Gasteiger partial charge >= 0.3 is 0 Å². The lowest BCUT2D eigenvalue weighted by Crippen LogP contribution is -2.55. The number of rotatable bonds is 4. The predicted molar refractivity (Wildman–Crippen MR) is 76.8 cm³/mol. The van der Waals surface area contributed by atoms with Crippen molar-refractivity contribution in [3.05, 3.63) is 0 Å². The minimum absolute atomic E-state index is 0. The van der Waals surface area contributed by atoms with Gasteiger partial charge in [-0.2, -0.15) is 0 Å². The molecular formula is C14H27ClN2O. The largest absolute Gasteiger partial charge is 0.354 e. The van der Waals surface area contributed by atoms with E-state index in [0.29, 0.717) is 6.54 Å². The van der Waals surface area contributed by atoms with Crippen molar-refractivity contribution < 1.29 is 4.79 Å². The summed E-state index contributed by atoms with van der Waals surface area (Å²) in [4.78, 5) is 12.0. The average molecular weight is 275 g/mol. The van der Waals surface area contributed by atoms with Gasteiger partial charge in [0, 0.05) is 18.0 Å². The summed E-state index contributed by atoms with van der Waals surface area (Å²) in [7, 11) is 0. The van der Waals surface area contributed by atoms with E-state index >= 15 is 0 Å². The Morgan fingerprint density at radius 3 is 2.33 bits per heavy atom. The molecule has 1 amide bonds. The third-order valence-corrected chi connectivity index (χ3v) is 4.76. The van der Waals surface area contributed by atoms with E-state index in [1.54, 1.807) is 0 Å². The highest BCUT2D eigenvalue weighted by atomic mass is 35.5. The molecule has 106 valence electrons. The summed E-state index contributed by atoms with van der Waals surface area (Å²) in [5.74, 6) is 1.35. The van der Waals surface area contributed by atoms with E-state index in [0.717, 1.165) is 31.6 Å². The monoisotopic (exact) mass is 274 g/mol. The second-order valence-corrected chi connectivity index (χ2v) is 6.06. The Morgan fingerprint density at radius 2 is 1.89 bits per heavy atom. The first kappa shape index (κ1) is 15.8. The minimum Gasteiger partial charge on any atom is -0.354 e. The summed E-state index contributed by atoms with van der Waals surface area (Å²) < 4.78 is 0. The Hall–Kier alpha value is -0.280. The van der Waals surface area contributed by atoms with Crippen molar-refractivity contribution in [2.75, 3.05) is 6.54 Å². The maximum atomic E-state index is 12.0. The van der Waals surface area contributed by atoms with Gasteiger partial charge in [-0.05, 0) is 50.9 Å². The lowest BCUT2D eigenvalue weighted by Gasteiger charge is -2.38. The van der Waals surface area contributed by atoms with Crippen molar-refractivity contribution in [3.8, 4) is 0 Å². The molecule has 0 aliphatic heterocycles. The molecule has 0 aromatic carbocycles. The molecule has 0 atom stereocenters. The van der Waals surface area contributed by atoms with Gasteiger partial charge in [0.2, 0.25) is 5.91 Å². The molecule has 0 heterocycles. The van der Waals surface area contributed by atoms with Crippen LogP contribution in [-0.2, 0) is 4.79 Å². The molecule has 0 aromatic heterocycles. The van der Waals surface area contributed by atoms with E-state index in [1.807, 2.05) is 0 Å². The molecule has 0 unspecified atom stereocenters. The smallest absolute Gasteiger partial charge is 0.223 e. The Bertz CT molecular complexity index is 271. The van der Waals surface area contributed by atoms with Crippen molar-refractivity contribution in [2.45, 2.75) is 63.8 Å². The van der Waals surface area contributed by atoms with Crippen LogP contribution in [0.3, 0.4) is 0 Å². The van der Waals surface area contributed by atoms with Crippen LogP contribution in [0.2, 0.25) is 0 Å². The molecule has 2 aliphatic carbocycles. The lowest BCUT2D eigenvalue weighted by atomic mass is 9.77. The Morgan fingerprint density at radius 1 is 1.28 bits per heavy atom. The highest BCUT2D eigenvalue weighted by Gasteiger charge is 2.33.